The maximum atomic E-state index is 10.5. The molecule has 1 saturated heterocycles. The van der Waals surface area contributed by atoms with Crippen LogP contribution in [-0.2, 0) is 9.53 Å². The van der Waals surface area contributed by atoms with Gasteiger partial charge in [-0.15, -0.1) is 0 Å². The van der Waals surface area contributed by atoms with Crippen LogP contribution in [0, 0.1) is 0 Å². The van der Waals surface area contributed by atoms with E-state index >= 15 is 0 Å². The Kier molecular flexibility index (Phi) is 11.4. The molecule has 1 heterocycles. The molecule has 1 fully saturated rings. The molecule has 1 aliphatic heterocycles. The summed E-state index contributed by atoms with van der Waals surface area (Å²) in [4.78, 5) is 10.5. The van der Waals surface area contributed by atoms with Gasteiger partial charge in [0.15, 0.2) is 0 Å². The first-order valence-corrected chi connectivity index (χ1v) is 9.68. The average Bonchev–Trinajstić information content (AvgIpc) is 2.96. The van der Waals surface area contributed by atoms with E-state index in [1.54, 1.807) is 12.2 Å². The summed E-state index contributed by atoms with van der Waals surface area (Å²) in [5.74, 6) is -0.890. The molecule has 0 aliphatic carbocycles. The summed E-state index contributed by atoms with van der Waals surface area (Å²) in [5.41, 5.74) is 0. The van der Waals surface area contributed by atoms with Crippen LogP contribution in [0.5, 0.6) is 0 Å². The summed E-state index contributed by atoms with van der Waals surface area (Å²) >= 11 is 0. The quantitative estimate of drug-likeness (QED) is 0.293. The first kappa shape index (κ1) is 22.8. The molecule has 0 saturated carbocycles. The summed E-state index contributed by atoms with van der Waals surface area (Å²) in [5, 5.41) is 38.7. The lowest BCUT2D eigenvalue weighted by molar-refractivity contribution is -0.137. The van der Waals surface area contributed by atoms with E-state index in [0.29, 0.717) is 25.7 Å². The number of aliphatic carboxylic acids is 1. The summed E-state index contributed by atoms with van der Waals surface area (Å²) in [6.45, 7) is 2.16. The maximum absolute atomic E-state index is 10.5. The van der Waals surface area contributed by atoms with Gasteiger partial charge < -0.3 is 25.2 Å². The lowest BCUT2D eigenvalue weighted by Gasteiger charge is -2.17. The van der Waals surface area contributed by atoms with Gasteiger partial charge >= 0.3 is 5.97 Å². The topological polar surface area (TPSA) is 107 Å². The number of hydrogen-bond donors (Lipinski definition) is 4. The number of unbranched alkanes of at least 4 members (excludes halogenated alkanes) is 3. The fourth-order valence-corrected chi connectivity index (χ4v) is 2.97. The molecule has 0 aromatic rings. The van der Waals surface area contributed by atoms with E-state index in [1.165, 1.54) is 12.8 Å². The van der Waals surface area contributed by atoms with Crippen LogP contribution in [0.2, 0.25) is 0 Å². The van der Waals surface area contributed by atoms with Gasteiger partial charge in [-0.1, -0.05) is 44.1 Å². The summed E-state index contributed by atoms with van der Waals surface area (Å²) < 4.78 is 5.65. The van der Waals surface area contributed by atoms with E-state index in [0.717, 1.165) is 12.8 Å². The molecular formula is C20H34O6. The van der Waals surface area contributed by atoms with Crippen LogP contribution < -0.4 is 0 Å². The first-order valence-electron chi connectivity index (χ1n) is 9.68. The Labute approximate surface area is 156 Å². The molecule has 150 valence electrons. The number of allylic oxidation sites excluding steroid dienone is 1. The minimum Gasteiger partial charge on any atom is -0.481 e. The standard InChI is InChI=1S/C20H34O6/c1-2-3-4-5-6-7-9-15(21)12-13-18-17(23)14-19(26-18)16(22)10-8-11-20(24)25/h6-7,12-13,15-19,21-23H,2-5,8-11,14H2,1H3,(H,24,25)/b7-6-,13-12+/t15-,16+,17+,18+,19-/m0/s1. The Morgan fingerprint density at radius 1 is 1.23 bits per heavy atom. The Bertz CT molecular complexity index is 448. The molecule has 26 heavy (non-hydrogen) atoms. The molecule has 6 nitrogen and oxygen atoms in total. The van der Waals surface area contributed by atoms with Crippen molar-refractivity contribution in [1.82, 2.24) is 0 Å². The van der Waals surface area contributed by atoms with Crippen molar-refractivity contribution in [3.05, 3.63) is 24.3 Å². The predicted molar refractivity (Wildman–Crippen MR) is 99.8 cm³/mol. The van der Waals surface area contributed by atoms with Crippen molar-refractivity contribution in [2.24, 2.45) is 0 Å². The highest BCUT2D eigenvalue weighted by Crippen LogP contribution is 2.26. The molecule has 0 bridgehead atoms. The Morgan fingerprint density at radius 2 is 2.00 bits per heavy atom. The number of rotatable bonds is 13. The van der Waals surface area contributed by atoms with Gasteiger partial charge in [-0.2, -0.15) is 0 Å². The van der Waals surface area contributed by atoms with Crippen molar-refractivity contribution >= 4 is 5.97 Å². The van der Waals surface area contributed by atoms with Crippen molar-refractivity contribution in [2.45, 2.75) is 95.2 Å². The third kappa shape index (κ3) is 9.48. The SMILES string of the molecule is CCCCC/C=C\C[C@H](O)/C=C/[C@H]1O[C@H]([C@H](O)CCCC(=O)O)C[C@H]1O. The molecule has 4 N–H and O–H groups in total. The molecule has 6 heteroatoms. The highest BCUT2D eigenvalue weighted by Gasteiger charge is 2.36. The Morgan fingerprint density at radius 3 is 2.69 bits per heavy atom. The largest absolute Gasteiger partial charge is 0.481 e. The first-order chi connectivity index (χ1) is 12.4. The van der Waals surface area contributed by atoms with Crippen LogP contribution in [0.15, 0.2) is 24.3 Å². The molecule has 0 radical (unpaired) electrons. The predicted octanol–water partition coefficient (Wildman–Crippen LogP) is 2.56. The molecular weight excluding hydrogens is 336 g/mol. The number of carboxylic acids is 1. The van der Waals surface area contributed by atoms with Crippen molar-refractivity contribution in [3.8, 4) is 0 Å². The summed E-state index contributed by atoms with van der Waals surface area (Å²) in [6, 6.07) is 0. The molecule has 1 rings (SSSR count). The van der Waals surface area contributed by atoms with Gasteiger partial charge in [0.1, 0.15) is 6.10 Å². The molecule has 0 aromatic heterocycles. The van der Waals surface area contributed by atoms with Gasteiger partial charge in [-0.3, -0.25) is 4.79 Å². The summed E-state index contributed by atoms with van der Waals surface area (Å²) in [7, 11) is 0. The monoisotopic (exact) mass is 370 g/mol. The van der Waals surface area contributed by atoms with Gasteiger partial charge in [0.05, 0.1) is 24.4 Å². The van der Waals surface area contributed by atoms with Gasteiger partial charge in [-0.25, -0.2) is 0 Å². The molecule has 5 atom stereocenters. The number of aliphatic hydroxyl groups is 3. The second-order valence-corrected chi connectivity index (χ2v) is 6.95. The maximum Gasteiger partial charge on any atom is 0.303 e. The van der Waals surface area contributed by atoms with Crippen molar-refractivity contribution in [1.29, 1.82) is 0 Å². The van der Waals surface area contributed by atoms with Crippen molar-refractivity contribution in [3.63, 3.8) is 0 Å². The van der Waals surface area contributed by atoms with E-state index in [2.05, 4.69) is 13.0 Å². The molecule has 0 unspecified atom stereocenters. The van der Waals surface area contributed by atoms with E-state index in [-0.39, 0.29) is 6.42 Å². The third-order valence-corrected chi connectivity index (χ3v) is 4.55. The number of ether oxygens (including phenoxy) is 1. The molecule has 0 amide bonds. The van der Waals surface area contributed by atoms with Crippen molar-refractivity contribution < 1.29 is 30.0 Å². The molecule has 0 spiro atoms. The third-order valence-electron chi connectivity index (χ3n) is 4.55. The number of carbonyl (C=O) groups is 1. The van der Waals surface area contributed by atoms with Crippen LogP contribution in [0.25, 0.3) is 0 Å². The lowest BCUT2D eigenvalue weighted by atomic mass is 10.0. The minimum absolute atomic E-state index is 0.00776. The molecule has 1 aliphatic rings. The Hall–Kier alpha value is -1.21. The van der Waals surface area contributed by atoms with Crippen LogP contribution in [0.3, 0.4) is 0 Å². The van der Waals surface area contributed by atoms with Gasteiger partial charge in [0.25, 0.3) is 0 Å². The fourth-order valence-electron chi connectivity index (χ4n) is 2.97. The summed E-state index contributed by atoms with van der Waals surface area (Å²) in [6.07, 6.45) is 10.2. The molecule has 0 aromatic carbocycles. The van der Waals surface area contributed by atoms with Gasteiger partial charge in [0.2, 0.25) is 0 Å². The number of carboxylic acid groups (broad SMARTS) is 1. The zero-order valence-corrected chi connectivity index (χ0v) is 15.7. The van der Waals surface area contributed by atoms with Crippen LogP contribution in [0.1, 0.15) is 64.7 Å². The smallest absolute Gasteiger partial charge is 0.303 e. The van der Waals surface area contributed by atoms with Gasteiger partial charge in [-0.05, 0) is 32.1 Å². The van der Waals surface area contributed by atoms with Crippen molar-refractivity contribution in [2.75, 3.05) is 0 Å². The normalized spacial score (nSPS) is 25.9. The van der Waals surface area contributed by atoms with E-state index < -0.39 is 36.5 Å². The van der Waals surface area contributed by atoms with Gasteiger partial charge in [0, 0.05) is 12.8 Å². The second-order valence-electron chi connectivity index (χ2n) is 6.95. The average molecular weight is 370 g/mol. The highest BCUT2D eigenvalue weighted by molar-refractivity contribution is 5.66. The number of hydrogen-bond acceptors (Lipinski definition) is 5. The van der Waals surface area contributed by atoms with E-state index in [1.807, 2.05) is 6.08 Å². The highest BCUT2D eigenvalue weighted by atomic mass is 16.5. The number of aliphatic hydroxyl groups excluding tert-OH is 3. The van der Waals surface area contributed by atoms with Crippen LogP contribution in [-0.4, -0.2) is 56.9 Å². The zero-order chi connectivity index (χ0) is 19.4. The van der Waals surface area contributed by atoms with E-state index in [9.17, 15) is 20.1 Å². The minimum atomic E-state index is -0.890. The van der Waals surface area contributed by atoms with E-state index in [4.69, 9.17) is 9.84 Å². The fraction of sp³-hybridized carbons (Fsp3) is 0.750. The van der Waals surface area contributed by atoms with Crippen LogP contribution in [0.4, 0.5) is 0 Å². The van der Waals surface area contributed by atoms with Crippen LogP contribution >= 0.6 is 0 Å². The zero-order valence-electron chi connectivity index (χ0n) is 15.7. The Balaban J connectivity index is 2.31. The lowest BCUT2D eigenvalue weighted by Crippen LogP contribution is -2.26. The second kappa shape index (κ2) is 13.0.